The second-order valence-electron chi connectivity index (χ2n) is 4.22. The summed E-state index contributed by atoms with van der Waals surface area (Å²) in [6.45, 7) is 0. The first kappa shape index (κ1) is 13.3. The Labute approximate surface area is 118 Å². The Kier molecular flexibility index (Phi) is 4.27. The van der Waals surface area contributed by atoms with E-state index in [1.807, 2.05) is 72.6 Å². The molecule has 0 N–H and O–H groups in total. The summed E-state index contributed by atoms with van der Waals surface area (Å²) in [6, 6.07) is 21.4. The highest BCUT2D eigenvalue weighted by molar-refractivity contribution is 7.80. The molecule has 2 rings (SSSR count). The van der Waals surface area contributed by atoms with E-state index < -0.39 is 0 Å². The molecule has 0 bridgehead atoms. The summed E-state index contributed by atoms with van der Waals surface area (Å²) < 4.78 is 0. The van der Waals surface area contributed by atoms with Crippen LogP contribution in [0, 0.1) is 11.3 Å². The van der Waals surface area contributed by atoms with E-state index >= 15 is 0 Å². The van der Waals surface area contributed by atoms with E-state index in [2.05, 4.69) is 6.07 Å². The third-order valence-corrected chi connectivity index (χ3v) is 3.49. The SMILES string of the molecule is CN(C(=S)c1ccccc1)C(C#N)c1ccccc1. The minimum atomic E-state index is -0.367. The Bertz CT molecular complexity index is 587. The molecule has 0 heterocycles. The quantitative estimate of drug-likeness (QED) is 0.795. The van der Waals surface area contributed by atoms with Crippen LogP contribution in [0.3, 0.4) is 0 Å². The Morgan fingerprint density at radius 3 is 2.11 bits per heavy atom. The van der Waals surface area contributed by atoms with Gasteiger partial charge in [-0.1, -0.05) is 72.9 Å². The summed E-state index contributed by atoms with van der Waals surface area (Å²) in [5.41, 5.74) is 1.90. The van der Waals surface area contributed by atoms with Crippen molar-refractivity contribution in [1.29, 1.82) is 5.26 Å². The van der Waals surface area contributed by atoms with Gasteiger partial charge in [0.25, 0.3) is 0 Å². The molecule has 0 saturated carbocycles. The smallest absolute Gasteiger partial charge is 0.143 e. The summed E-state index contributed by atoms with van der Waals surface area (Å²) >= 11 is 5.46. The molecule has 19 heavy (non-hydrogen) atoms. The molecule has 94 valence electrons. The lowest BCUT2D eigenvalue weighted by atomic mass is 10.1. The third kappa shape index (κ3) is 2.98. The fraction of sp³-hybridized carbons (Fsp3) is 0.125. The van der Waals surface area contributed by atoms with Crippen LogP contribution < -0.4 is 0 Å². The first-order valence-corrected chi connectivity index (χ1v) is 6.41. The van der Waals surface area contributed by atoms with E-state index in [0.29, 0.717) is 4.99 Å². The first-order chi connectivity index (χ1) is 9.24. The molecule has 3 heteroatoms. The summed E-state index contributed by atoms with van der Waals surface area (Å²) in [6.07, 6.45) is 0. The molecular formula is C16H14N2S. The maximum atomic E-state index is 9.39. The van der Waals surface area contributed by atoms with E-state index in [0.717, 1.165) is 11.1 Å². The van der Waals surface area contributed by atoms with Crippen molar-refractivity contribution in [3.8, 4) is 6.07 Å². The Morgan fingerprint density at radius 1 is 1.05 bits per heavy atom. The summed E-state index contributed by atoms with van der Waals surface area (Å²) in [5.74, 6) is 0. The molecule has 0 saturated heterocycles. The second-order valence-corrected chi connectivity index (χ2v) is 4.61. The van der Waals surface area contributed by atoms with Gasteiger partial charge < -0.3 is 4.90 Å². The van der Waals surface area contributed by atoms with Crippen LogP contribution in [-0.2, 0) is 0 Å². The van der Waals surface area contributed by atoms with E-state index in [-0.39, 0.29) is 6.04 Å². The minimum absolute atomic E-state index is 0.367. The zero-order valence-electron chi connectivity index (χ0n) is 10.7. The number of nitrogens with zero attached hydrogens (tertiary/aromatic N) is 2. The van der Waals surface area contributed by atoms with Crippen LogP contribution in [0.2, 0.25) is 0 Å². The highest BCUT2D eigenvalue weighted by Gasteiger charge is 2.19. The standard InChI is InChI=1S/C16H14N2S/c1-18(16(19)14-10-6-3-7-11-14)15(12-17)13-8-4-2-5-9-13/h2-11,15H,1H3. The monoisotopic (exact) mass is 266 g/mol. The zero-order valence-corrected chi connectivity index (χ0v) is 11.5. The maximum Gasteiger partial charge on any atom is 0.143 e. The molecule has 0 aromatic heterocycles. The van der Waals surface area contributed by atoms with Crippen molar-refractivity contribution < 1.29 is 0 Å². The molecule has 0 aliphatic heterocycles. The lowest BCUT2D eigenvalue weighted by Crippen LogP contribution is -2.29. The summed E-state index contributed by atoms with van der Waals surface area (Å²) in [7, 11) is 1.86. The Hall–Kier alpha value is -2.18. The summed E-state index contributed by atoms with van der Waals surface area (Å²) in [4.78, 5) is 2.51. The number of benzene rings is 2. The predicted octanol–water partition coefficient (Wildman–Crippen LogP) is 3.56. The molecular weight excluding hydrogens is 252 g/mol. The minimum Gasteiger partial charge on any atom is -0.346 e. The van der Waals surface area contributed by atoms with Gasteiger partial charge >= 0.3 is 0 Å². The molecule has 2 aromatic carbocycles. The van der Waals surface area contributed by atoms with Crippen molar-refractivity contribution in [2.45, 2.75) is 6.04 Å². The second kappa shape index (κ2) is 6.12. The highest BCUT2D eigenvalue weighted by atomic mass is 32.1. The van der Waals surface area contributed by atoms with Gasteiger partial charge in [-0.2, -0.15) is 5.26 Å². The number of hydrogen-bond acceptors (Lipinski definition) is 2. The average Bonchev–Trinajstić information content (AvgIpc) is 2.49. The topological polar surface area (TPSA) is 27.0 Å². The maximum absolute atomic E-state index is 9.39. The van der Waals surface area contributed by atoms with Crippen LogP contribution in [0.4, 0.5) is 0 Å². The molecule has 0 fully saturated rings. The fourth-order valence-corrected chi connectivity index (χ4v) is 2.16. The van der Waals surface area contributed by atoms with Crippen molar-refractivity contribution in [2.24, 2.45) is 0 Å². The molecule has 1 unspecified atom stereocenters. The van der Waals surface area contributed by atoms with Gasteiger partial charge in [-0.05, 0) is 5.56 Å². The molecule has 2 nitrogen and oxygen atoms in total. The van der Waals surface area contributed by atoms with Crippen LogP contribution in [0.25, 0.3) is 0 Å². The van der Waals surface area contributed by atoms with Gasteiger partial charge in [0.15, 0.2) is 0 Å². The van der Waals surface area contributed by atoms with Gasteiger partial charge in [0, 0.05) is 12.6 Å². The highest BCUT2D eigenvalue weighted by Crippen LogP contribution is 2.20. The molecule has 0 radical (unpaired) electrons. The molecule has 2 aromatic rings. The fourth-order valence-electron chi connectivity index (χ4n) is 1.92. The lowest BCUT2D eigenvalue weighted by Gasteiger charge is -2.25. The van der Waals surface area contributed by atoms with Gasteiger partial charge in [-0.3, -0.25) is 0 Å². The predicted molar refractivity (Wildman–Crippen MR) is 80.7 cm³/mol. The molecule has 0 amide bonds. The van der Waals surface area contributed by atoms with Crippen LogP contribution in [0.5, 0.6) is 0 Å². The normalized spacial score (nSPS) is 11.4. The number of hydrogen-bond donors (Lipinski definition) is 0. The van der Waals surface area contributed by atoms with Crippen LogP contribution in [0.15, 0.2) is 60.7 Å². The molecule has 0 aliphatic carbocycles. The molecule has 0 spiro atoms. The van der Waals surface area contributed by atoms with Gasteiger partial charge in [-0.15, -0.1) is 0 Å². The van der Waals surface area contributed by atoms with Crippen LogP contribution in [-0.4, -0.2) is 16.9 Å². The van der Waals surface area contributed by atoms with Gasteiger partial charge in [-0.25, -0.2) is 0 Å². The van der Waals surface area contributed by atoms with E-state index in [1.54, 1.807) is 0 Å². The average molecular weight is 266 g/mol. The van der Waals surface area contributed by atoms with Crippen molar-refractivity contribution in [3.63, 3.8) is 0 Å². The first-order valence-electron chi connectivity index (χ1n) is 6.01. The number of nitriles is 1. The van der Waals surface area contributed by atoms with Crippen LogP contribution >= 0.6 is 12.2 Å². The summed E-state index contributed by atoms with van der Waals surface area (Å²) in [5, 5.41) is 9.39. The van der Waals surface area contributed by atoms with Crippen molar-refractivity contribution in [2.75, 3.05) is 7.05 Å². The van der Waals surface area contributed by atoms with Crippen molar-refractivity contribution >= 4 is 17.2 Å². The van der Waals surface area contributed by atoms with Crippen molar-refractivity contribution in [1.82, 2.24) is 4.90 Å². The van der Waals surface area contributed by atoms with Crippen molar-refractivity contribution in [3.05, 3.63) is 71.8 Å². The largest absolute Gasteiger partial charge is 0.346 e. The number of thiocarbonyl (C=S) groups is 1. The van der Waals surface area contributed by atoms with E-state index in [1.165, 1.54) is 0 Å². The molecule has 1 atom stereocenters. The molecule has 0 aliphatic rings. The van der Waals surface area contributed by atoms with E-state index in [9.17, 15) is 5.26 Å². The Morgan fingerprint density at radius 2 is 1.58 bits per heavy atom. The van der Waals surface area contributed by atoms with Gasteiger partial charge in [0.1, 0.15) is 11.0 Å². The van der Waals surface area contributed by atoms with Crippen LogP contribution in [0.1, 0.15) is 17.2 Å². The van der Waals surface area contributed by atoms with E-state index in [4.69, 9.17) is 12.2 Å². The Balaban J connectivity index is 2.26. The third-order valence-electron chi connectivity index (χ3n) is 2.97. The van der Waals surface area contributed by atoms with Gasteiger partial charge in [0.05, 0.1) is 6.07 Å². The van der Waals surface area contributed by atoms with Gasteiger partial charge in [0.2, 0.25) is 0 Å². The number of rotatable bonds is 3. The zero-order chi connectivity index (χ0) is 13.7. The lowest BCUT2D eigenvalue weighted by molar-refractivity contribution is 0.456.